The molecule has 1 heterocycles. The van der Waals surface area contributed by atoms with Crippen molar-refractivity contribution in [2.75, 3.05) is 38.9 Å². The van der Waals surface area contributed by atoms with Crippen LogP contribution in [0.4, 0.5) is 5.69 Å². The monoisotopic (exact) mass is 340 g/mol. The highest BCUT2D eigenvalue weighted by atomic mass is 16.7. The van der Waals surface area contributed by atoms with Crippen LogP contribution in [-0.4, -0.2) is 39.9 Å². The number of fused-ring (bicyclic) bond motifs is 1. The maximum absolute atomic E-state index is 5.40. The second-order valence-electron chi connectivity index (χ2n) is 5.80. The summed E-state index contributed by atoms with van der Waals surface area (Å²) in [5.74, 6) is 2.38. The number of nitrogens with one attached hydrogen (secondary N) is 2. The normalized spacial score (nSPS) is 12.8. The molecule has 2 aromatic rings. The molecule has 1 aliphatic rings. The SMILES string of the molecule is CN=C(NCCN(C)c1ccccc1)NCc1ccc2c(c1)OCO2. The highest BCUT2D eigenvalue weighted by Gasteiger charge is 2.13. The van der Waals surface area contributed by atoms with Crippen molar-refractivity contribution in [1.29, 1.82) is 0 Å². The van der Waals surface area contributed by atoms with Gasteiger partial charge in [0.2, 0.25) is 6.79 Å². The molecule has 0 radical (unpaired) electrons. The number of guanidine groups is 1. The van der Waals surface area contributed by atoms with Gasteiger partial charge in [-0.25, -0.2) is 0 Å². The third-order valence-electron chi connectivity index (χ3n) is 4.06. The van der Waals surface area contributed by atoms with Crippen LogP contribution < -0.4 is 25.0 Å². The Bertz CT molecular complexity index is 719. The molecule has 0 aromatic heterocycles. The Hall–Kier alpha value is -2.89. The molecule has 0 atom stereocenters. The average molecular weight is 340 g/mol. The van der Waals surface area contributed by atoms with Crippen LogP contribution in [-0.2, 0) is 6.54 Å². The van der Waals surface area contributed by atoms with E-state index in [2.05, 4.69) is 39.7 Å². The van der Waals surface area contributed by atoms with Crippen LogP contribution in [0.3, 0.4) is 0 Å². The molecule has 0 bridgehead atoms. The first kappa shape index (κ1) is 17.0. The number of benzene rings is 2. The maximum atomic E-state index is 5.40. The summed E-state index contributed by atoms with van der Waals surface area (Å²) in [5.41, 5.74) is 2.32. The Morgan fingerprint density at radius 2 is 1.88 bits per heavy atom. The van der Waals surface area contributed by atoms with Gasteiger partial charge in [0.15, 0.2) is 17.5 Å². The van der Waals surface area contributed by atoms with Gasteiger partial charge in [-0.3, -0.25) is 4.99 Å². The zero-order valence-corrected chi connectivity index (χ0v) is 14.7. The number of para-hydroxylation sites is 1. The number of aliphatic imine (C=N–C) groups is 1. The highest BCUT2D eigenvalue weighted by molar-refractivity contribution is 5.79. The Balaban J connectivity index is 1.44. The van der Waals surface area contributed by atoms with E-state index in [-0.39, 0.29) is 0 Å². The number of nitrogens with zero attached hydrogens (tertiary/aromatic N) is 2. The van der Waals surface area contributed by atoms with Crippen LogP contribution in [0.1, 0.15) is 5.56 Å². The van der Waals surface area contributed by atoms with Gasteiger partial charge in [0, 0.05) is 39.4 Å². The second-order valence-corrected chi connectivity index (χ2v) is 5.80. The molecule has 2 N–H and O–H groups in total. The Morgan fingerprint density at radius 1 is 1.08 bits per heavy atom. The lowest BCUT2D eigenvalue weighted by Crippen LogP contribution is -2.40. The highest BCUT2D eigenvalue weighted by Crippen LogP contribution is 2.32. The van der Waals surface area contributed by atoms with Gasteiger partial charge >= 0.3 is 0 Å². The molecule has 0 spiro atoms. The molecule has 0 saturated carbocycles. The molecular weight excluding hydrogens is 316 g/mol. The molecule has 0 fully saturated rings. The van der Waals surface area contributed by atoms with Gasteiger partial charge in [-0.15, -0.1) is 0 Å². The van der Waals surface area contributed by atoms with Crippen molar-refractivity contribution in [3.63, 3.8) is 0 Å². The summed E-state index contributed by atoms with van der Waals surface area (Å²) in [6.45, 7) is 2.65. The summed E-state index contributed by atoms with van der Waals surface area (Å²) in [6, 6.07) is 16.3. The number of hydrogen-bond acceptors (Lipinski definition) is 4. The average Bonchev–Trinajstić information content (AvgIpc) is 3.12. The predicted octanol–water partition coefficient (Wildman–Crippen LogP) is 2.22. The van der Waals surface area contributed by atoms with E-state index in [0.29, 0.717) is 13.3 Å². The van der Waals surface area contributed by atoms with Crippen LogP contribution in [0.25, 0.3) is 0 Å². The van der Waals surface area contributed by atoms with Gasteiger partial charge in [0.1, 0.15) is 0 Å². The van der Waals surface area contributed by atoms with Gasteiger partial charge in [-0.2, -0.15) is 0 Å². The largest absolute Gasteiger partial charge is 0.454 e. The van der Waals surface area contributed by atoms with Crippen LogP contribution in [0.5, 0.6) is 11.5 Å². The fourth-order valence-corrected chi connectivity index (χ4v) is 2.61. The van der Waals surface area contributed by atoms with Crippen molar-refractivity contribution in [3.05, 3.63) is 54.1 Å². The van der Waals surface area contributed by atoms with E-state index in [0.717, 1.165) is 36.1 Å². The maximum Gasteiger partial charge on any atom is 0.231 e. The fraction of sp³-hybridized carbons (Fsp3) is 0.316. The van der Waals surface area contributed by atoms with E-state index >= 15 is 0 Å². The number of anilines is 1. The van der Waals surface area contributed by atoms with Gasteiger partial charge in [-0.1, -0.05) is 24.3 Å². The summed E-state index contributed by atoms with van der Waals surface area (Å²) >= 11 is 0. The van der Waals surface area contributed by atoms with E-state index in [1.54, 1.807) is 7.05 Å². The molecule has 6 nitrogen and oxygen atoms in total. The quantitative estimate of drug-likeness (QED) is 0.624. The Kier molecular flexibility index (Phi) is 5.61. The van der Waals surface area contributed by atoms with Gasteiger partial charge in [0.25, 0.3) is 0 Å². The molecule has 0 amide bonds. The zero-order chi connectivity index (χ0) is 17.5. The molecule has 3 rings (SSSR count). The smallest absolute Gasteiger partial charge is 0.231 e. The minimum absolute atomic E-state index is 0.296. The second kappa shape index (κ2) is 8.28. The molecule has 0 saturated heterocycles. The van der Waals surface area contributed by atoms with Crippen molar-refractivity contribution >= 4 is 11.6 Å². The standard InChI is InChI=1S/C19H24N4O2/c1-20-19(21-10-11-23(2)16-6-4-3-5-7-16)22-13-15-8-9-17-18(12-15)25-14-24-17/h3-9,12H,10-11,13-14H2,1-2H3,(H2,20,21,22). The lowest BCUT2D eigenvalue weighted by atomic mass is 10.2. The third kappa shape index (κ3) is 4.56. The van der Waals surface area contributed by atoms with E-state index in [1.165, 1.54) is 5.69 Å². The van der Waals surface area contributed by atoms with Gasteiger partial charge in [-0.05, 0) is 29.8 Å². The molecule has 25 heavy (non-hydrogen) atoms. The van der Waals surface area contributed by atoms with Crippen LogP contribution >= 0.6 is 0 Å². The molecule has 0 aliphatic carbocycles. The number of rotatable bonds is 6. The minimum atomic E-state index is 0.296. The molecule has 6 heteroatoms. The van der Waals surface area contributed by atoms with Crippen LogP contribution in [0, 0.1) is 0 Å². The summed E-state index contributed by atoms with van der Waals surface area (Å²) in [7, 11) is 3.86. The topological polar surface area (TPSA) is 58.1 Å². The van der Waals surface area contributed by atoms with E-state index in [1.807, 2.05) is 36.4 Å². The van der Waals surface area contributed by atoms with Gasteiger partial charge < -0.3 is 25.0 Å². The fourth-order valence-electron chi connectivity index (χ4n) is 2.61. The van der Waals surface area contributed by atoms with Crippen LogP contribution in [0.2, 0.25) is 0 Å². The lowest BCUT2D eigenvalue weighted by Gasteiger charge is -2.20. The van der Waals surface area contributed by atoms with E-state index < -0.39 is 0 Å². The summed E-state index contributed by atoms with van der Waals surface area (Å²) < 4.78 is 10.7. The van der Waals surface area contributed by atoms with E-state index in [9.17, 15) is 0 Å². The first-order chi connectivity index (χ1) is 12.3. The lowest BCUT2D eigenvalue weighted by molar-refractivity contribution is 0.174. The summed E-state index contributed by atoms with van der Waals surface area (Å²) in [5, 5.41) is 6.65. The third-order valence-corrected chi connectivity index (χ3v) is 4.06. The number of likely N-dealkylation sites (N-methyl/N-ethyl adjacent to an activating group) is 1. The minimum Gasteiger partial charge on any atom is -0.454 e. The molecular formula is C19H24N4O2. The molecule has 0 unspecified atom stereocenters. The van der Waals surface area contributed by atoms with Gasteiger partial charge in [0.05, 0.1) is 0 Å². The van der Waals surface area contributed by atoms with Crippen molar-refractivity contribution in [1.82, 2.24) is 10.6 Å². The summed E-state index contributed by atoms with van der Waals surface area (Å²) in [6.07, 6.45) is 0. The van der Waals surface area contributed by atoms with Crippen molar-refractivity contribution in [3.8, 4) is 11.5 Å². The molecule has 132 valence electrons. The number of hydrogen-bond donors (Lipinski definition) is 2. The van der Waals surface area contributed by atoms with Crippen molar-refractivity contribution in [2.45, 2.75) is 6.54 Å². The first-order valence-corrected chi connectivity index (χ1v) is 8.35. The molecule has 2 aromatic carbocycles. The van der Waals surface area contributed by atoms with E-state index in [4.69, 9.17) is 9.47 Å². The van der Waals surface area contributed by atoms with Crippen molar-refractivity contribution in [2.24, 2.45) is 4.99 Å². The van der Waals surface area contributed by atoms with Crippen molar-refractivity contribution < 1.29 is 9.47 Å². The molecule has 1 aliphatic heterocycles. The first-order valence-electron chi connectivity index (χ1n) is 8.35. The number of ether oxygens (including phenoxy) is 2. The predicted molar refractivity (Wildman–Crippen MR) is 100 cm³/mol. The zero-order valence-electron chi connectivity index (χ0n) is 14.7. The Labute approximate surface area is 148 Å². The van der Waals surface area contributed by atoms with Crippen LogP contribution in [0.15, 0.2) is 53.5 Å². The summed E-state index contributed by atoms with van der Waals surface area (Å²) in [4.78, 5) is 6.47. The Morgan fingerprint density at radius 3 is 2.68 bits per heavy atom.